The van der Waals surface area contributed by atoms with Crippen LogP contribution >= 0.6 is 31.9 Å². The van der Waals surface area contributed by atoms with E-state index in [-0.39, 0.29) is 9.79 Å². The standard InChI is InChI=1S/2C6H5BrO3S.3C6H5.Bi/c2*7-5-1-3-6(4-2-5)11(8,9)10;3*1-2-4-6-5-3-1;/h2*1-4H,(H,8,9,10);3*1-5H;/q;;;;;+2/p-2. The summed E-state index contributed by atoms with van der Waals surface area (Å²) in [4.78, 5) is -0.288. The van der Waals surface area contributed by atoms with Gasteiger partial charge in [0.15, 0.2) is 0 Å². The number of rotatable bonds is 9. The fourth-order valence-corrected chi connectivity index (χ4v) is 36.9. The summed E-state index contributed by atoms with van der Waals surface area (Å²) in [6.07, 6.45) is 0. The number of hydrogen-bond donors (Lipinski definition) is 0. The quantitative estimate of drug-likeness (QED) is 0.184. The van der Waals surface area contributed by atoms with Crippen LogP contribution in [0.5, 0.6) is 0 Å². The molecule has 0 aliphatic heterocycles. The van der Waals surface area contributed by atoms with E-state index >= 15 is 0 Å². The van der Waals surface area contributed by atoms with Crippen molar-refractivity contribution in [1.29, 1.82) is 0 Å². The van der Waals surface area contributed by atoms with E-state index < -0.39 is 39.9 Å². The molecule has 0 aliphatic carbocycles. The van der Waals surface area contributed by atoms with Gasteiger partial charge in [-0.25, -0.2) is 0 Å². The van der Waals surface area contributed by atoms with Crippen LogP contribution in [0, 0.1) is 0 Å². The number of hydrogen-bond acceptors (Lipinski definition) is 6. The summed E-state index contributed by atoms with van der Waals surface area (Å²) in [5.41, 5.74) is 0. The Morgan fingerprint density at radius 1 is 0.415 bits per heavy atom. The van der Waals surface area contributed by atoms with Gasteiger partial charge < -0.3 is 0 Å². The minimum absolute atomic E-state index is 0.144. The summed E-state index contributed by atoms with van der Waals surface area (Å²) < 4.78 is 72.6. The normalized spacial score (nSPS) is 13.3. The Bertz CT molecular complexity index is 1690. The minimum atomic E-state index is -6.83. The Morgan fingerprint density at radius 3 is 0.951 bits per heavy atom. The molecule has 210 valence electrons. The SMILES string of the molecule is O=S(=O)([O][Bi]([O]S(=O)(=O)c1ccc(Br)cc1)([c]1ccccc1)([c]1ccccc1)[c]1ccccc1)c1ccc(Br)cc1. The van der Waals surface area contributed by atoms with Crippen molar-refractivity contribution in [2.45, 2.75) is 9.79 Å². The summed E-state index contributed by atoms with van der Waals surface area (Å²) in [5, 5.41) is 0. The van der Waals surface area contributed by atoms with E-state index in [4.69, 9.17) is 4.52 Å². The van der Waals surface area contributed by atoms with E-state index in [1.807, 2.05) is 0 Å². The first kappa shape index (κ1) is 30.2. The van der Waals surface area contributed by atoms with Gasteiger partial charge >= 0.3 is 261 Å². The molecule has 0 aromatic heterocycles. The van der Waals surface area contributed by atoms with Crippen molar-refractivity contribution >= 4 is 81.6 Å². The number of halogens is 2. The van der Waals surface area contributed by atoms with Crippen molar-refractivity contribution in [2.75, 3.05) is 0 Å². The van der Waals surface area contributed by atoms with Crippen molar-refractivity contribution in [3.05, 3.63) is 148 Å². The van der Waals surface area contributed by atoms with Crippen LogP contribution in [0.25, 0.3) is 0 Å². The van der Waals surface area contributed by atoms with E-state index in [9.17, 15) is 16.8 Å². The zero-order chi connectivity index (χ0) is 29.2. The van der Waals surface area contributed by atoms with Crippen LogP contribution in [0.4, 0.5) is 0 Å². The van der Waals surface area contributed by atoms with Gasteiger partial charge in [-0.05, 0) is 0 Å². The Hall–Kier alpha value is -2.24. The van der Waals surface area contributed by atoms with Gasteiger partial charge in [0.2, 0.25) is 0 Å². The van der Waals surface area contributed by atoms with Gasteiger partial charge in [-0.2, -0.15) is 0 Å². The van der Waals surface area contributed by atoms with Crippen LogP contribution in [0.3, 0.4) is 0 Å². The van der Waals surface area contributed by atoms with E-state index in [2.05, 4.69) is 31.9 Å². The zero-order valence-electron chi connectivity index (χ0n) is 21.2. The van der Waals surface area contributed by atoms with Gasteiger partial charge in [0.25, 0.3) is 0 Å². The van der Waals surface area contributed by atoms with Crippen molar-refractivity contribution < 1.29 is 21.4 Å². The summed E-state index contributed by atoms with van der Waals surface area (Å²) >= 11 is -0.157. The second-order valence-electron chi connectivity index (χ2n) is 8.93. The van der Waals surface area contributed by atoms with Crippen LogP contribution in [0.15, 0.2) is 158 Å². The fourth-order valence-electron chi connectivity index (χ4n) is 4.48. The molecule has 6 nitrogen and oxygen atoms in total. The van der Waals surface area contributed by atoms with E-state index in [0.29, 0.717) is 18.8 Å². The third kappa shape index (κ3) is 5.74. The Kier molecular flexibility index (Phi) is 8.70. The van der Waals surface area contributed by atoms with Crippen LogP contribution < -0.4 is 9.81 Å². The molecule has 41 heavy (non-hydrogen) atoms. The molecule has 0 unspecified atom stereocenters. The third-order valence-electron chi connectivity index (χ3n) is 6.36. The molecule has 5 aromatic carbocycles. The van der Waals surface area contributed by atoms with Gasteiger partial charge in [0, 0.05) is 0 Å². The van der Waals surface area contributed by atoms with Gasteiger partial charge in [-0.3, -0.25) is 0 Å². The molecule has 0 saturated heterocycles. The van der Waals surface area contributed by atoms with Crippen molar-refractivity contribution in [3.63, 3.8) is 0 Å². The Morgan fingerprint density at radius 2 is 0.683 bits per heavy atom. The van der Waals surface area contributed by atoms with E-state index in [0.717, 1.165) is 0 Å². The predicted molar refractivity (Wildman–Crippen MR) is 169 cm³/mol. The molecule has 0 atom stereocenters. The Labute approximate surface area is 258 Å². The molecule has 0 radical (unpaired) electrons. The fraction of sp³-hybridized carbons (Fsp3) is 0. The molecule has 0 N–H and O–H groups in total. The van der Waals surface area contributed by atoms with Gasteiger partial charge in [0.05, 0.1) is 0 Å². The molecule has 0 amide bonds. The molecule has 5 aromatic rings. The number of benzene rings is 5. The second kappa shape index (κ2) is 11.8. The van der Waals surface area contributed by atoms with Crippen molar-refractivity contribution in [3.8, 4) is 0 Å². The van der Waals surface area contributed by atoms with Crippen LogP contribution in [0.1, 0.15) is 0 Å². The van der Waals surface area contributed by atoms with Crippen molar-refractivity contribution in [1.82, 2.24) is 0 Å². The van der Waals surface area contributed by atoms with Crippen molar-refractivity contribution in [2.24, 2.45) is 0 Å². The maximum atomic E-state index is 14.3. The molecule has 0 spiro atoms. The van der Waals surface area contributed by atoms with E-state index in [1.165, 1.54) is 24.3 Å². The first-order chi connectivity index (χ1) is 19.6. The summed E-state index contributed by atoms with van der Waals surface area (Å²) in [6.45, 7) is 0. The molecule has 0 saturated carbocycles. The average Bonchev–Trinajstić information content (AvgIpc) is 2.98. The topological polar surface area (TPSA) is 86.7 Å². The monoisotopic (exact) mass is 910 g/mol. The first-order valence-corrected chi connectivity index (χ1v) is 24.7. The summed E-state index contributed by atoms with van der Waals surface area (Å²) in [5.74, 6) is 0. The van der Waals surface area contributed by atoms with Gasteiger partial charge in [0.1, 0.15) is 0 Å². The summed E-state index contributed by atoms with van der Waals surface area (Å²) in [7, 11) is -9.24. The first-order valence-electron chi connectivity index (χ1n) is 12.2. The predicted octanol–water partition coefficient (Wildman–Crippen LogP) is 5.44. The summed E-state index contributed by atoms with van der Waals surface area (Å²) in [6, 6.07) is 37.4. The maximum absolute atomic E-state index is 14.3. The Balaban J connectivity index is 1.95. The molecule has 0 aliphatic rings. The molecule has 11 heteroatoms. The second-order valence-corrected chi connectivity index (χ2v) is 30.8. The molecule has 0 fully saturated rings. The molecular formula is C30H23BiBr2O6S2. The average molecular weight is 912 g/mol. The molecule has 0 heterocycles. The molecule has 0 bridgehead atoms. The third-order valence-corrected chi connectivity index (χ3v) is 35.7. The van der Waals surface area contributed by atoms with Crippen LogP contribution in [-0.4, -0.2) is 36.5 Å². The molecule has 5 rings (SSSR count). The van der Waals surface area contributed by atoms with Crippen LogP contribution in [-0.2, 0) is 24.8 Å². The molecular weight excluding hydrogens is 889 g/mol. The van der Waals surface area contributed by atoms with Gasteiger partial charge in [-0.1, -0.05) is 0 Å². The van der Waals surface area contributed by atoms with Crippen LogP contribution in [0.2, 0.25) is 0 Å². The van der Waals surface area contributed by atoms with E-state index in [1.54, 1.807) is 115 Å². The zero-order valence-corrected chi connectivity index (χ0v) is 29.5. The van der Waals surface area contributed by atoms with Gasteiger partial charge in [-0.15, -0.1) is 0 Å².